The first-order valence-corrected chi connectivity index (χ1v) is 10.6. The van der Waals surface area contributed by atoms with Crippen LogP contribution in [0.1, 0.15) is 75.3 Å². The molecule has 138 valence electrons. The van der Waals surface area contributed by atoms with E-state index in [0.717, 1.165) is 25.7 Å². The van der Waals surface area contributed by atoms with E-state index in [1.165, 1.54) is 43.2 Å². The minimum absolute atomic E-state index is 0.0764. The number of carbonyl (C=O) groups is 1. The number of ketones is 1. The summed E-state index contributed by atoms with van der Waals surface area (Å²) in [6.07, 6.45) is 12.7. The lowest BCUT2D eigenvalue weighted by atomic mass is 9.51. The van der Waals surface area contributed by atoms with Crippen LogP contribution in [0.4, 0.5) is 0 Å². The SMILES string of the molecule is C[C@]12C[C@H](CCC=C3CC3)C3c4ccc(O)cc4CCC3C1CCC2=O. The lowest BCUT2D eigenvalue weighted by Gasteiger charge is -2.52. The number of phenols is 1. The van der Waals surface area contributed by atoms with Crippen LogP contribution in [-0.2, 0) is 11.2 Å². The second-order valence-corrected chi connectivity index (χ2v) is 9.50. The van der Waals surface area contributed by atoms with Crippen molar-refractivity contribution in [2.24, 2.45) is 23.2 Å². The van der Waals surface area contributed by atoms with Crippen LogP contribution in [0.3, 0.4) is 0 Å². The Morgan fingerprint density at radius 3 is 2.85 bits per heavy atom. The molecule has 4 aliphatic rings. The maximum atomic E-state index is 12.8. The number of rotatable bonds is 3. The summed E-state index contributed by atoms with van der Waals surface area (Å²) in [6, 6.07) is 6.05. The van der Waals surface area contributed by atoms with Crippen molar-refractivity contribution in [1.29, 1.82) is 0 Å². The van der Waals surface area contributed by atoms with Crippen LogP contribution in [-0.4, -0.2) is 10.9 Å². The molecule has 26 heavy (non-hydrogen) atoms. The summed E-state index contributed by atoms with van der Waals surface area (Å²) < 4.78 is 0. The van der Waals surface area contributed by atoms with Gasteiger partial charge < -0.3 is 5.11 Å². The van der Waals surface area contributed by atoms with E-state index >= 15 is 0 Å². The minimum Gasteiger partial charge on any atom is -0.508 e. The predicted molar refractivity (Wildman–Crippen MR) is 103 cm³/mol. The van der Waals surface area contributed by atoms with Crippen LogP contribution in [0, 0.1) is 23.2 Å². The summed E-state index contributed by atoms with van der Waals surface area (Å²) in [7, 11) is 0. The molecule has 0 bridgehead atoms. The van der Waals surface area contributed by atoms with Crippen molar-refractivity contribution in [2.45, 2.75) is 70.6 Å². The Labute approximate surface area is 156 Å². The van der Waals surface area contributed by atoms with Crippen LogP contribution < -0.4 is 0 Å². The molecular weight excluding hydrogens is 320 g/mol. The zero-order valence-corrected chi connectivity index (χ0v) is 15.8. The van der Waals surface area contributed by atoms with E-state index in [4.69, 9.17) is 0 Å². The van der Waals surface area contributed by atoms with E-state index in [1.54, 1.807) is 5.57 Å². The molecule has 1 N–H and O–H groups in total. The van der Waals surface area contributed by atoms with Crippen molar-refractivity contribution in [3.8, 4) is 5.75 Å². The largest absolute Gasteiger partial charge is 0.508 e. The summed E-state index contributed by atoms with van der Waals surface area (Å²) >= 11 is 0. The first-order chi connectivity index (χ1) is 12.6. The van der Waals surface area contributed by atoms with Crippen molar-refractivity contribution in [2.75, 3.05) is 0 Å². The Morgan fingerprint density at radius 1 is 1.19 bits per heavy atom. The molecule has 2 heteroatoms. The van der Waals surface area contributed by atoms with Gasteiger partial charge in [-0.25, -0.2) is 0 Å². The molecule has 5 rings (SSSR count). The second kappa shape index (κ2) is 5.97. The third-order valence-electron chi connectivity index (χ3n) is 8.05. The molecule has 0 spiro atoms. The summed E-state index contributed by atoms with van der Waals surface area (Å²) in [4.78, 5) is 12.8. The summed E-state index contributed by atoms with van der Waals surface area (Å²) in [5.74, 6) is 3.33. The minimum atomic E-state index is -0.0764. The van der Waals surface area contributed by atoms with E-state index < -0.39 is 0 Å². The predicted octanol–water partition coefficient (Wildman–Crippen LogP) is 5.54. The van der Waals surface area contributed by atoms with Gasteiger partial charge in [0.25, 0.3) is 0 Å². The van der Waals surface area contributed by atoms with Gasteiger partial charge in [0, 0.05) is 11.8 Å². The van der Waals surface area contributed by atoms with Gasteiger partial charge in [-0.2, -0.15) is 0 Å². The van der Waals surface area contributed by atoms with Gasteiger partial charge in [-0.05, 0) is 98.3 Å². The highest BCUT2D eigenvalue weighted by atomic mass is 16.3. The summed E-state index contributed by atoms with van der Waals surface area (Å²) in [6.45, 7) is 2.28. The number of Topliss-reactive ketones (excluding diaryl/α,β-unsaturated/α-hetero) is 1. The Morgan fingerprint density at radius 2 is 2.04 bits per heavy atom. The number of hydrogen-bond donors (Lipinski definition) is 1. The number of carbonyl (C=O) groups excluding carboxylic acids is 1. The fourth-order valence-corrected chi connectivity index (χ4v) is 6.70. The maximum Gasteiger partial charge on any atom is 0.139 e. The number of allylic oxidation sites excluding steroid dienone is 2. The summed E-state index contributed by atoms with van der Waals surface area (Å²) in [5, 5.41) is 9.93. The number of aromatic hydroxyl groups is 1. The molecular formula is C24H30O2. The van der Waals surface area contributed by atoms with E-state index in [-0.39, 0.29) is 5.41 Å². The van der Waals surface area contributed by atoms with E-state index in [2.05, 4.69) is 19.1 Å². The molecule has 4 aliphatic carbocycles. The first-order valence-electron chi connectivity index (χ1n) is 10.6. The molecule has 0 aromatic heterocycles. The van der Waals surface area contributed by atoms with Crippen LogP contribution in [0.15, 0.2) is 29.8 Å². The second-order valence-electron chi connectivity index (χ2n) is 9.50. The monoisotopic (exact) mass is 350 g/mol. The zero-order valence-electron chi connectivity index (χ0n) is 15.8. The Bertz CT molecular complexity index is 770. The van der Waals surface area contributed by atoms with Gasteiger partial charge in [0.15, 0.2) is 0 Å². The number of hydrogen-bond acceptors (Lipinski definition) is 2. The van der Waals surface area contributed by atoms with Gasteiger partial charge >= 0.3 is 0 Å². The van der Waals surface area contributed by atoms with E-state index in [9.17, 15) is 9.90 Å². The van der Waals surface area contributed by atoms with E-state index in [0.29, 0.717) is 35.2 Å². The highest BCUT2D eigenvalue weighted by Gasteiger charge is 2.57. The first kappa shape index (κ1) is 16.6. The number of benzene rings is 1. The quantitative estimate of drug-likeness (QED) is 0.726. The zero-order chi connectivity index (χ0) is 17.9. The third-order valence-corrected chi connectivity index (χ3v) is 8.05. The van der Waals surface area contributed by atoms with Gasteiger partial charge in [-0.1, -0.05) is 24.6 Å². The highest BCUT2D eigenvalue weighted by Crippen LogP contribution is 2.62. The lowest BCUT2D eigenvalue weighted by Crippen LogP contribution is -2.46. The number of aryl methyl sites for hydroxylation is 1. The van der Waals surface area contributed by atoms with Crippen LogP contribution in [0.25, 0.3) is 0 Å². The van der Waals surface area contributed by atoms with Gasteiger partial charge in [-0.3, -0.25) is 4.79 Å². The molecule has 0 aliphatic heterocycles. The van der Waals surface area contributed by atoms with E-state index in [1.807, 2.05) is 12.1 Å². The average Bonchev–Trinajstić information content (AvgIpc) is 3.39. The molecule has 3 unspecified atom stereocenters. The molecule has 2 nitrogen and oxygen atoms in total. The highest BCUT2D eigenvalue weighted by molar-refractivity contribution is 5.87. The molecule has 0 saturated heterocycles. The van der Waals surface area contributed by atoms with Gasteiger partial charge in [-0.15, -0.1) is 0 Å². The Balaban J connectivity index is 1.51. The molecule has 0 radical (unpaired) electrons. The molecule has 3 saturated carbocycles. The van der Waals surface area contributed by atoms with Crippen molar-refractivity contribution in [3.05, 3.63) is 41.0 Å². The van der Waals surface area contributed by atoms with Crippen molar-refractivity contribution >= 4 is 5.78 Å². The number of fused-ring (bicyclic) bond motifs is 5. The topological polar surface area (TPSA) is 37.3 Å². The van der Waals surface area contributed by atoms with Crippen LogP contribution in [0.2, 0.25) is 0 Å². The van der Waals surface area contributed by atoms with Crippen molar-refractivity contribution in [1.82, 2.24) is 0 Å². The van der Waals surface area contributed by atoms with Crippen molar-refractivity contribution in [3.63, 3.8) is 0 Å². The Kier molecular flexibility index (Phi) is 3.81. The average molecular weight is 351 g/mol. The summed E-state index contributed by atoms with van der Waals surface area (Å²) in [5.41, 5.74) is 4.38. The van der Waals surface area contributed by atoms with Gasteiger partial charge in [0.05, 0.1) is 0 Å². The maximum absolute atomic E-state index is 12.8. The molecule has 5 atom stereocenters. The fourth-order valence-electron chi connectivity index (χ4n) is 6.70. The van der Waals surface area contributed by atoms with Gasteiger partial charge in [0.1, 0.15) is 11.5 Å². The lowest BCUT2D eigenvalue weighted by molar-refractivity contribution is -0.131. The van der Waals surface area contributed by atoms with Crippen LogP contribution >= 0.6 is 0 Å². The molecule has 3 fully saturated rings. The smallest absolute Gasteiger partial charge is 0.139 e. The molecule has 1 aromatic rings. The third kappa shape index (κ3) is 2.56. The Hall–Kier alpha value is -1.57. The normalized spacial score (nSPS) is 37.7. The molecule has 0 amide bonds. The number of phenolic OH excluding ortho intramolecular Hbond substituents is 1. The standard InChI is InChI=1S/C24H30O2/c1-24-14-17(4-2-3-15-5-6-15)23-19-10-8-18(25)13-16(19)7-9-20(23)21(24)11-12-22(24)26/h3,8,10,13,17,20-21,23,25H,2,4-7,9,11-12,14H2,1H3/t17-,20?,21?,23?,24-/m0/s1. The van der Waals surface area contributed by atoms with Crippen LogP contribution in [0.5, 0.6) is 5.75 Å². The molecule has 1 aromatic carbocycles. The van der Waals surface area contributed by atoms with Crippen molar-refractivity contribution < 1.29 is 9.90 Å². The fraction of sp³-hybridized carbons (Fsp3) is 0.625. The molecule has 0 heterocycles. The van der Waals surface area contributed by atoms with Gasteiger partial charge in [0.2, 0.25) is 0 Å².